The molecule has 0 atom stereocenters. The summed E-state index contributed by atoms with van der Waals surface area (Å²) in [5, 5.41) is 11.1. The lowest BCUT2D eigenvalue weighted by Crippen LogP contribution is -2.28. The highest BCUT2D eigenvalue weighted by atomic mass is 32.2. The summed E-state index contributed by atoms with van der Waals surface area (Å²) in [6.07, 6.45) is -5.48. The van der Waals surface area contributed by atoms with Crippen LogP contribution in [0.15, 0.2) is 52.3 Å². The number of nitro benzene ring substituents is 1. The van der Waals surface area contributed by atoms with Crippen LogP contribution in [0.1, 0.15) is 0 Å². The molecule has 27 heavy (non-hydrogen) atoms. The van der Waals surface area contributed by atoms with Crippen molar-refractivity contribution in [1.29, 1.82) is 0 Å². The number of hydrogen-bond donors (Lipinski definition) is 0. The van der Waals surface area contributed by atoms with Crippen molar-refractivity contribution in [2.75, 3.05) is 7.11 Å². The van der Waals surface area contributed by atoms with Crippen LogP contribution in [0.5, 0.6) is 11.5 Å². The molecule has 0 saturated heterocycles. The molecule has 8 nitrogen and oxygen atoms in total. The van der Waals surface area contributed by atoms with Gasteiger partial charge >= 0.3 is 17.8 Å². The van der Waals surface area contributed by atoms with Gasteiger partial charge in [0.25, 0.3) is 0 Å². The number of hydrogen-bond acceptors (Lipinski definition) is 7. The lowest BCUT2D eigenvalue weighted by molar-refractivity contribution is -0.386. The van der Waals surface area contributed by atoms with Gasteiger partial charge in [0.05, 0.1) is 16.9 Å². The first-order valence-electron chi connectivity index (χ1n) is 6.94. The monoisotopic (exact) mass is 405 g/mol. The predicted molar refractivity (Wildman–Crippen MR) is 83.2 cm³/mol. The molecule has 0 heterocycles. The van der Waals surface area contributed by atoms with Gasteiger partial charge in [0.2, 0.25) is 15.6 Å². The maximum atomic E-state index is 12.7. The minimum atomic E-state index is -5.48. The zero-order valence-corrected chi connectivity index (χ0v) is 14.2. The third kappa shape index (κ3) is 4.16. The number of carbonyl (C=O) groups is 1. The van der Waals surface area contributed by atoms with Crippen LogP contribution in [-0.4, -0.2) is 32.6 Å². The normalized spacial score (nSPS) is 11.7. The molecular weight excluding hydrogens is 395 g/mol. The van der Waals surface area contributed by atoms with Gasteiger partial charge in [0, 0.05) is 6.07 Å². The minimum Gasteiger partial charge on any atom is -0.497 e. The molecule has 12 heteroatoms. The highest BCUT2D eigenvalue weighted by molar-refractivity contribution is 7.91. The highest BCUT2D eigenvalue weighted by Gasteiger charge is 2.43. The summed E-state index contributed by atoms with van der Waals surface area (Å²) in [6, 6.07) is 7.17. The Morgan fingerprint density at radius 2 is 1.70 bits per heavy atom. The highest BCUT2D eigenvalue weighted by Crippen LogP contribution is 2.38. The summed E-state index contributed by atoms with van der Waals surface area (Å²) in [5.74, 6) is -3.81. The van der Waals surface area contributed by atoms with Gasteiger partial charge in [-0.3, -0.25) is 10.1 Å². The molecule has 0 N–H and O–H groups in total. The van der Waals surface area contributed by atoms with Crippen molar-refractivity contribution >= 4 is 21.5 Å². The number of alkyl halides is 3. The minimum absolute atomic E-state index is 0.303. The Morgan fingerprint density at radius 1 is 1.11 bits per heavy atom. The third-order valence-electron chi connectivity index (χ3n) is 3.24. The Kier molecular flexibility index (Phi) is 5.40. The largest absolute Gasteiger partial charge is 0.497 e. The smallest absolute Gasteiger partial charge is 0.491 e. The molecule has 0 aromatic heterocycles. The molecule has 0 fully saturated rings. The van der Waals surface area contributed by atoms with Crippen molar-refractivity contribution < 1.29 is 40.8 Å². The first kappa shape index (κ1) is 20.2. The number of halogens is 3. The predicted octanol–water partition coefficient (Wildman–Crippen LogP) is 2.90. The number of carbonyl (C=O) groups excluding carboxylic acids is 1. The number of sulfone groups is 1. The molecule has 144 valence electrons. The van der Waals surface area contributed by atoms with Gasteiger partial charge in [-0.25, -0.2) is 13.2 Å². The van der Waals surface area contributed by atoms with E-state index in [4.69, 9.17) is 4.74 Å². The number of ether oxygens (including phenoxy) is 2. The SMILES string of the molecule is COc1ccc(S(=O)(=O)c2cccc([N+](=O)[O-])c2OC(=O)C(F)(F)F)cc1. The second kappa shape index (κ2) is 7.23. The van der Waals surface area contributed by atoms with Gasteiger partial charge < -0.3 is 9.47 Å². The molecule has 2 aromatic carbocycles. The summed E-state index contributed by atoms with van der Waals surface area (Å²) in [6.45, 7) is 0. The number of rotatable bonds is 5. The Bertz CT molecular complexity index is 985. The van der Waals surface area contributed by atoms with Crippen LogP contribution in [0.2, 0.25) is 0 Å². The zero-order chi connectivity index (χ0) is 20.4. The molecule has 2 aromatic rings. The van der Waals surface area contributed by atoms with E-state index in [9.17, 15) is 36.5 Å². The molecule has 0 aliphatic carbocycles. The fourth-order valence-electron chi connectivity index (χ4n) is 1.99. The number of nitro groups is 1. The second-order valence-corrected chi connectivity index (χ2v) is 6.85. The van der Waals surface area contributed by atoms with E-state index in [1.165, 1.54) is 19.2 Å². The van der Waals surface area contributed by atoms with E-state index in [0.29, 0.717) is 11.8 Å². The van der Waals surface area contributed by atoms with Crippen molar-refractivity contribution in [3.63, 3.8) is 0 Å². The zero-order valence-electron chi connectivity index (χ0n) is 13.4. The Labute approximate surface area is 150 Å². The Balaban J connectivity index is 2.66. The topological polar surface area (TPSA) is 113 Å². The van der Waals surface area contributed by atoms with E-state index in [0.717, 1.165) is 24.3 Å². The quantitative estimate of drug-likeness (QED) is 0.325. The van der Waals surface area contributed by atoms with Crippen LogP contribution in [-0.2, 0) is 14.6 Å². The second-order valence-electron chi connectivity index (χ2n) is 4.93. The fraction of sp³-hybridized carbons (Fsp3) is 0.133. The maximum absolute atomic E-state index is 12.7. The van der Waals surface area contributed by atoms with Crippen LogP contribution in [0.25, 0.3) is 0 Å². The molecule has 0 amide bonds. The third-order valence-corrected chi connectivity index (χ3v) is 5.03. The van der Waals surface area contributed by atoms with E-state index < -0.39 is 48.1 Å². The van der Waals surface area contributed by atoms with Gasteiger partial charge in [-0.05, 0) is 30.3 Å². The van der Waals surface area contributed by atoms with Crippen LogP contribution in [0.3, 0.4) is 0 Å². The van der Waals surface area contributed by atoms with Gasteiger partial charge in [-0.2, -0.15) is 13.2 Å². The average molecular weight is 405 g/mol. The van der Waals surface area contributed by atoms with E-state index in [2.05, 4.69) is 4.74 Å². The van der Waals surface area contributed by atoms with E-state index >= 15 is 0 Å². The van der Waals surface area contributed by atoms with Crippen molar-refractivity contribution in [3.8, 4) is 11.5 Å². The van der Waals surface area contributed by atoms with Crippen LogP contribution in [0.4, 0.5) is 18.9 Å². The van der Waals surface area contributed by atoms with Crippen molar-refractivity contribution in [1.82, 2.24) is 0 Å². The Morgan fingerprint density at radius 3 is 2.19 bits per heavy atom. The van der Waals surface area contributed by atoms with Crippen molar-refractivity contribution in [2.45, 2.75) is 16.0 Å². The van der Waals surface area contributed by atoms with Gasteiger partial charge in [-0.1, -0.05) is 6.07 Å². The van der Waals surface area contributed by atoms with Gasteiger partial charge in [-0.15, -0.1) is 0 Å². The summed E-state index contributed by atoms with van der Waals surface area (Å²) in [4.78, 5) is 19.7. The average Bonchev–Trinajstić information content (AvgIpc) is 2.60. The van der Waals surface area contributed by atoms with Crippen molar-refractivity contribution in [3.05, 3.63) is 52.6 Å². The van der Waals surface area contributed by atoms with Crippen LogP contribution < -0.4 is 9.47 Å². The molecule has 0 spiro atoms. The summed E-state index contributed by atoms with van der Waals surface area (Å²) in [5.41, 5.74) is -1.11. The maximum Gasteiger partial charge on any atom is 0.491 e. The fourth-order valence-corrected chi connectivity index (χ4v) is 3.39. The first-order chi connectivity index (χ1) is 12.5. The number of esters is 1. The number of methoxy groups -OCH3 is 1. The number of nitrogens with zero attached hydrogens (tertiary/aromatic N) is 1. The molecule has 0 radical (unpaired) electrons. The van der Waals surface area contributed by atoms with Crippen molar-refractivity contribution in [2.24, 2.45) is 0 Å². The first-order valence-corrected chi connectivity index (χ1v) is 8.42. The summed E-state index contributed by atoms with van der Waals surface area (Å²) < 4.78 is 71.9. The number of benzene rings is 2. The van der Waals surface area contributed by atoms with Crippen LogP contribution in [0, 0.1) is 10.1 Å². The van der Waals surface area contributed by atoms with E-state index in [1.807, 2.05) is 0 Å². The van der Waals surface area contributed by atoms with E-state index in [1.54, 1.807) is 0 Å². The molecule has 0 aliphatic rings. The lowest BCUT2D eigenvalue weighted by atomic mass is 10.3. The number of para-hydroxylation sites is 1. The molecule has 2 rings (SSSR count). The Hall–Kier alpha value is -3.15. The molecule has 0 saturated carbocycles. The van der Waals surface area contributed by atoms with E-state index in [-0.39, 0.29) is 0 Å². The standard InChI is InChI=1S/C15H10F3NO7S/c1-25-9-5-7-10(8-6-9)27(23,24)12-4-2-3-11(19(21)22)13(12)26-14(20)15(16,17)18/h2-8H,1H3. The molecule has 0 unspecified atom stereocenters. The van der Waals surface area contributed by atoms with Gasteiger partial charge in [0.15, 0.2) is 0 Å². The lowest BCUT2D eigenvalue weighted by Gasteiger charge is -2.12. The molecular formula is C15H10F3NO7S. The summed E-state index contributed by atoms with van der Waals surface area (Å²) in [7, 11) is -3.21. The summed E-state index contributed by atoms with van der Waals surface area (Å²) >= 11 is 0. The van der Waals surface area contributed by atoms with Crippen LogP contribution >= 0.6 is 0 Å². The molecule has 0 aliphatic heterocycles. The molecule has 0 bridgehead atoms. The van der Waals surface area contributed by atoms with Gasteiger partial charge in [0.1, 0.15) is 10.6 Å².